The lowest BCUT2D eigenvalue weighted by atomic mass is 10.3. The van der Waals surface area contributed by atoms with Gasteiger partial charge in [-0.3, -0.25) is 4.79 Å². The highest BCUT2D eigenvalue weighted by Gasteiger charge is 2.14. The van der Waals surface area contributed by atoms with Crippen molar-refractivity contribution in [3.8, 4) is 5.75 Å². The van der Waals surface area contributed by atoms with E-state index < -0.39 is 12.2 Å². The van der Waals surface area contributed by atoms with Gasteiger partial charge in [-0.05, 0) is 38.1 Å². The average Bonchev–Trinajstić information content (AvgIpc) is 2.28. The van der Waals surface area contributed by atoms with Crippen LogP contribution >= 0.6 is 11.6 Å². The third-order valence-electron chi connectivity index (χ3n) is 2.07. The first-order valence-corrected chi connectivity index (χ1v) is 5.75. The molecule has 0 heterocycles. The number of halogens is 1. The molecule has 1 unspecified atom stereocenters. The van der Waals surface area contributed by atoms with E-state index >= 15 is 0 Å². The van der Waals surface area contributed by atoms with Crippen molar-refractivity contribution in [2.75, 3.05) is 6.54 Å². The highest BCUT2D eigenvalue weighted by Crippen LogP contribution is 2.16. The van der Waals surface area contributed by atoms with Crippen molar-refractivity contribution in [2.45, 2.75) is 26.1 Å². The lowest BCUT2D eigenvalue weighted by molar-refractivity contribution is -0.127. The maximum absolute atomic E-state index is 11.5. The summed E-state index contributed by atoms with van der Waals surface area (Å²) in [5, 5.41) is 12.2. The number of aliphatic hydroxyl groups is 1. The first-order chi connectivity index (χ1) is 7.99. The summed E-state index contributed by atoms with van der Waals surface area (Å²) in [5.41, 5.74) is 0. The minimum Gasteiger partial charge on any atom is -0.481 e. The zero-order valence-corrected chi connectivity index (χ0v) is 10.6. The van der Waals surface area contributed by atoms with Gasteiger partial charge in [0.2, 0.25) is 0 Å². The van der Waals surface area contributed by atoms with Gasteiger partial charge in [-0.1, -0.05) is 11.6 Å². The normalized spacial score (nSPS) is 13.9. The fourth-order valence-corrected chi connectivity index (χ4v) is 1.29. The number of amides is 1. The molecule has 0 radical (unpaired) electrons. The Labute approximate surface area is 106 Å². The molecule has 0 aromatic heterocycles. The molecule has 0 aliphatic rings. The summed E-state index contributed by atoms with van der Waals surface area (Å²) < 4.78 is 5.41. The van der Waals surface area contributed by atoms with Gasteiger partial charge < -0.3 is 15.2 Å². The van der Waals surface area contributed by atoms with E-state index in [0.29, 0.717) is 10.8 Å². The summed E-state index contributed by atoms with van der Waals surface area (Å²) in [7, 11) is 0. The number of nitrogens with one attached hydrogen (secondary N) is 1. The molecule has 17 heavy (non-hydrogen) atoms. The summed E-state index contributed by atoms with van der Waals surface area (Å²) in [4.78, 5) is 11.5. The molecule has 1 rings (SSSR count). The van der Waals surface area contributed by atoms with E-state index in [1.54, 1.807) is 38.1 Å². The van der Waals surface area contributed by atoms with E-state index in [9.17, 15) is 4.79 Å². The molecule has 1 amide bonds. The van der Waals surface area contributed by atoms with Crippen molar-refractivity contribution in [1.29, 1.82) is 0 Å². The summed E-state index contributed by atoms with van der Waals surface area (Å²) in [6, 6.07) is 6.77. The van der Waals surface area contributed by atoms with Crippen LogP contribution in [0.3, 0.4) is 0 Å². The standard InChI is InChI=1S/C12H16ClNO3/c1-8(15)7-14-12(16)9(2)17-11-5-3-10(13)4-6-11/h3-6,8-9,15H,7H2,1-2H3,(H,14,16)/t8-,9?/m0/s1. The molecule has 0 saturated carbocycles. The quantitative estimate of drug-likeness (QED) is 0.843. The second-order valence-corrected chi connectivity index (χ2v) is 4.24. The van der Waals surface area contributed by atoms with Crippen molar-refractivity contribution in [3.05, 3.63) is 29.3 Å². The monoisotopic (exact) mass is 257 g/mol. The smallest absolute Gasteiger partial charge is 0.260 e. The SMILES string of the molecule is CC(Oc1ccc(Cl)cc1)C(=O)NC[C@H](C)O. The van der Waals surface area contributed by atoms with Crippen molar-refractivity contribution in [1.82, 2.24) is 5.32 Å². The summed E-state index contributed by atoms with van der Waals surface area (Å²) in [6.45, 7) is 3.46. The maximum atomic E-state index is 11.5. The average molecular weight is 258 g/mol. The predicted octanol–water partition coefficient (Wildman–Crippen LogP) is 1.60. The molecule has 2 N–H and O–H groups in total. The first kappa shape index (κ1) is 13.8. The van der Waals surface area contributed by atoms with Gasteiger partial charge >= 0.3 is 0 Å². The maximum Gasteiger partial charge on any atom is 0.260 e. The number of benzene rings is 1. The molecule has 0 aliphatic heterocycles. The van der Waals surface area contributed by atoms with Gasteiger partial charge in [-0.25, -0.2) is 0 Å². The minimum absolute atomic E-state index is 0.215. The summed E-state index contributed by atoms with van der Waals surface area (Å²) in [5.74, 6) is 0.315. The Kier molecular flexibility index (Phi) is 5.25. The molecule has 2 atom stereocenters. The van der Waals surface area contributed by atoms with Gasteiger partial charge in [0.15, 0.2) is 6.10 Å². The number of ether oxygens (including phenoxy) is 1. The van der Waals surface area contributed by atoms with Crippen LogP contribution in [0.25, 0.3) is 0 Å². The molecule has 1 aromatic rings. The highest BCUT2D eigenvalue weighted by atomic mass is 35.5. The second kappa shape index (κ2) is 6.47. The molecule has 94 valence electrons. The summed E-state index contributed by atoms with van der Waals surface area (Å²) >= 11 is 5.73. The fraction of sp³-hybridized carbons (Fsp3) is 0.417. The van der Waals surface area contributed by atoms with Crippen LogP contribution in [0.1, 0.15) is 13.8 Å². The van der Waals surface area contributed by atoms with Gasteiger partial charge in [0.1, 0.15) is 5.75 Å². The Hall–Kier alpha value is -1.26. The number of aliphatic hydroxyl groups excluding tert-OH is 1. The summed E-state index contributed by atoms with van der Waals surface area (Å²) in [6.07, 6.45) is -1.18. The Morgan fingerprint density at radius 1 is 1.41 bits per heavy atom. The van der Waals surface area contributed by atoms with E-state index in [4.69, 9.17) is 21.4 Å². The zero-order chi connectivity index (χ0) is 12.8. The van der Waals surface area contributed by atoms with E-state index in [1.807, 2.05) is 0 Å². The van der Waals surface area contributed by atoms with Crippen LogP contribution in [0.15, 0.2) is 24.3 Å². The first-order valence-electron chi connectivity index (χ1n) is 5.37. The molecule has 0 bridgehead atoms. The molecule has 0 saturated heterocycles. The zero-order valence-electron chi connectivity index (χ0n) is 9.81. The second-order valence-electron chi connectivity index (χ2n) is 3.81. The van der Waals surface area contributed by atoms with Crippen molar-refractivity contribution < 1.29 is 14.6 Å². The Balaban J connectivity index is 2.45. The molecular weight excluding hydrogens is 242 g/mol. The van der Waals surface area contributed by atoms with Crippen LogP contribution in [0, 0.1) is 0 Å². The van der Waals surface area contributed by atoms with Crippen LogP contribution < -0.4 is 10.1 Å². The Morgan fingerprint density at radius 3 is 2.53 bits per heavy atom. The lowest BCUT2D eigenvalue weighted by Gasteiger charge is -2.15. The third-order valence-corrected chi connectivity index (χ3v) is 2.32. The van der Waals surface area contributed by atoms with Crippen LogP contribution in [0.5, 0.6) is 5.75 Å². The minimum atomic E-state index is -0.616. The topological polar surface area (TPSA) is 58.6 Å². The third kappa shape index (κ3) is 5.06. The van der Waals surface area contributed by atoms with Crippen molar-refractivity contribution in [3.63, 3.8) is 0 Å². The number of carbonyl (C=O) groups is 1. The predicted molar refractivity (Wildman–Crippen MR) is 66.2 cm³/mol. The molecule has 4 nitrogen and oxygen atoms in total. The number of carbonyl (C=O) groups excluding carboxylic acids is 1. The fourth-order valence-electron chi connectivity index (χ4n) is 1.16. The molecule has 5 heteroatoms. The largest absolute Gasteiger partial charge is 0.481 e. The molecular formula is C12H16ClNO3. The van der Waals surface area contributed by atoms with Crippen LogP contribution in [-0.2, 0) is 4.79 Å². The van der Waals surface area contributed by atoms with Gasteiger partial charge in [0.25, 0.3) is 5.91 Å². The van der Waals surface area contributed by atoms with Crippen LogP contribution in [0.4, 0.5) is 0 Å². The number of hydrogen-bond donors (Lipinski definition) is 2. The van der Waals surface area contributed by atoms with Gasteiger partial charge in [-0.15, -0.1) is 0 Å². The molecule has 0 spiro atoms. The van der Waals surface area contributed by atoms with Crippen molar-refractivity contribution >= 4 is 17.5 Å². The van der Waals surface area contributed by atoms with E-state index in [1.165, 1.54) is 0 Å². The molecule has 0 aliphatic carbocycles. The Morgan fingerprint density at radius 2 is 2.00 bits per heavy atom. The van der Waals surface area contributed by atoms with E-state index in [0.717, 1.165) is 0 Å². The highest BCUT2D eigenvalue weighted by molar-refractivity contribution is 6.30. The Bertz CT molecular complexity index is 365. The molecule has 1 aromatic carbocycles. The van der Waals surface area contributed by atoms with Gasteiger partial charge in [0, 0.05) is 11.6 Å². The van der Waals surface area contributed by atoms with Crippen LogP contribution in [0.2, 0.25) is 5.02 Å². The van der Waals surface area contributed by atoms with Gasteiger partial charge in [-0.2, -0.15) is 0 Å². The number of hydrogen-bond acceptors (Lipinski definition) is 3. The van der Waals surface area contributed by atoms with E-state index in [-0.39, 0.29) is 12.5 Å². The van der Waals surface area contributed by atoms with Crippen LogP contribution in [-0.4, -0.2) is 29.8 Å². The van der Waals surface area contributed by atoms with Gasteiger partial charge in [0.05, 0.1) is 6.10 Å². The lowest BCUT2D eigenvalue weighted by Crippen LogP contribution is -2.39. The number of rotatable bonds is 5. The molecule has 0 fully saturated rings. The van der Waals surface area contributed by atoms with Crippen molar-refractivity contribution in [2.24, 2.45) is 0 Å². The van der Waals surface area contributed by atoms with E-state index in [2.05, 4.69) is 5.32 Å².